The summed E-state index contributed by atoms with van der Waals surface area (Å²) < 4.78 is 71.3. The minimum Gasteiger partial charge on any atom is -0.364 e. The van der Waals surface area contributed by atoms with Gasteiger partial charge in [-0.15, -0.1) is 11.3 Å². The Bertz CT molecular complexity index is 937. The van der Waals surface area contributed by atoms with Crippen LogP contribution < -0.4 is 5.73 Å². The summed E-state index contributed by atoms with van der Waals surface area (Å²) in [4.78, 5) is 42.0. The Kier molecular flexibility index (Phi) is 6.05. The first-order valence-electron chi connectivity index (χ1n) is 8.23. The Morgan fingerprint density at radius 2 is 1.93 bits per heavy atom. The lowest BCUT2D eigenvalue weighted by Crippen LogP contribution is -2.33. The molecule has 5 unspecified atom stereocenters. The molecule has 0 spiro atoms. The second-order valence-corrected chi connectivity index (χ2v) is 11.7. The van der Waals surface area contributed by atoms with Gasteiger partial charge in [-0.25, -0.2) is 4.98 Å². The van der Waals surface area contributed by atoms with Crippen LogP contribution in [-0.4, -0.2) is 61.7 Å². The summed E-state index contributed by atoms with van der Waals surface area (Å²) in [5.74, 6) is -1.91. The van der Waals surface area contributed by atoms with Crippen LogP contribution in [0.5, 0.6) is 0 Å². The normalized spacial score (nSPS) is 30.8. The number of halogens is 2. The lowest BCUT2D eigenvalue weighted by Gasteiger charge is -2.26. The Labute approximate surface area is 172 Å². The van der Waals surface area contributed by atoms with E-state index in [0.717, 1.165) is 11.3 Å². The Morgan fingerprint density at radius 3 is 2.47 bits per heavy atom. The predicted octanol–water partition coefficient (Wildman–Crippen LogP) is 1.13. The number of amides is 1. The zero-order chi connectivity index (χ0) is 22.7. The van der Waals surface area contributed by atoms with Crippen molar-refractivity contribution in [3.8, 4) is 0 Å². The fourth-order valence-corrected chi connectivity index (χ4v) is 5.83. The molecule has 3 heterocycles. The lowest BCUT2D eigenvalue weighted by molar-refractivity contribution is -0.190. The van der Waals surface area contributed by atoms with Gasteiger partial charge in [0.2, 0.25) is 0 Å². The van der Waals surface area contributed by atoms with Gasteiger partial charge in [0.05, 0.1) is 6.61 Å². The molecule has 0 aliphatic carbocycles. The van der Waals surface area contributed by atoms with E-state index < -0.39 is 63.3 Å². The molecule has 5 atom stereocenters. The van der Waals surface area contributed by atoms with E-state index >= 15 is 0 Å². The van der Waals surface area contributed by atoms with E-state index in [1.54, 1.807) is 13.8 Å². The number of alkyl halides is 2. The number of carbonyl (C=O) groups excluding carboxylic acids is 1. The molecule has 0 radical (unpaired) electrons. The fraction of sp³-hybridized carbons (Fsp3) is 0.692. The smallest absolute Gasteiger partial charge is 0.364 e. The van der Waals surface area contributed by atoms with Crippen molar-refractivity contribution in [2.45, 2.75) is 49.5 Å². The average molecular weight is 494 g/mol. The number of nitrogens with zero attached hydrogens (tertiary/aromatic N) is 1. The molecule has 1 amide bonds. The Balaban J connectivity index is 1.81. The predicted molar refractivity (Wildman–Crippen MR) is 94.8 cm³/mol. The van der Waals surface area contributed by atoms with Crippen molar-refractivity contribution in [1.29, 1.82) is 0 Å². The van der Waals surface area contributed by atoms with Crippen LogP contribution in [0.2, 0.25) is 0 Å². The van der Waals surface area contributed by atoms with E-state index in [4.69, 9.17) is 29.7 Å². The van der Waals surface area contributed by atoms with Crippen LogP contribution in [0.25, 0.3) is 0 Å². The zero-order valence-electron chi connectivity index (χ0n) is 15.4. The van der Waals surface area contributed by atoms with Gasteiger partial charge in [-0.05, 0) is 13.8 Å². The maximum atomic E-state index is 13.6. The third-order valence-corrected chi connectivity index (χ3v) is 8.60. The molecule has 2 saturated heterocycles. The molecule has 0 aromatic carbocycles. The SMILES string of the molecule is CC1(C)OC2C(COP(=O)(O)C(F)(F)P(=O)(O)O)OC(c3nc(C(N)=O)cs3)C2O1. The summed E-state index contributed by atoms with van der Waals surface area (Å²) >= 11 is 1.02. The second kappa shape index (κ2) is 7.62. The van der Waals surface area contributed by atoms with E-state index in [1.165, 1.54) is 5.38 Å². The summed E-state index contributed by atoms with van der Waals surface area (Å²) in [6, 6.07) is 0. The van der Waals surface area contributed by atoms with Gasteiger partial charge in [-0.3, -0.25) is 13.9 Å². The van der Waals surface area contributed by atoms with Crippen molar-refractivity contribution in [3.63, 3.8) is 0 Å². The standard InChI is InChI=1S/C13H18F2N2O10P2S/c1-12(2)26-7-6(3-24-29(22,23)13(14,15)28(19,20)21)25-9(8(7)27-12)11-17-5(4-30-11)10(16)18/h4,6-9H,3H2,1-2H3,(H2,16,18)(H,22,23)(H2,19,20,21). The number of primary amides is 1. The number of hydrogen-bond donors (Lipinski definition) is 4. The van der Waals surface area contributed by atoms with Crippen molar-refractivity contribution < 1.29 is 56.1 Å². The number of rotatable bonds is 7. The Hall–Kier alpha value is -0.860. The minimum absolute atomic E-state index is 0.0332. The third-order valence-electron chi connectivity index (χ3n) is 4.27. The molecule has 5 N–H and O–H groups in total. The summed E-state index contributed by atoms with van der Waals surface area (Å²) in [6.45, 7) is 2.17. The molecule has 17 heteroatoms. The maximum Gasteiger partial charge on any atom is 0.443 e. The summed E-state index contributed by atoms with van der Waals surface area (Å²) in [6.07, 6.45) is -3.95. The van der Waals surface area contributed by atoms with Crippen LogP contribution >= 0.6 is 26.5 Å². The van der Waals surface area contributed by atoms with Gasteiger partial charge in [0, 0.05) is 5.38 Å². The van der Waals surface area contributed by atoms with Gasteiger partial charge in [0.1, 0.15) is 35.1 Å². The molecule has 2 fully saturated rings. The quantitative estimate of drug-likeness (QED) is 0.398. The van der Waals surface area contributed by atoms with Crippen LogP contribution in [0.1, 0.15) is 35.4 Å². The van der Waals surface area contributed by atoms with Crippen LogP contribution in [0.3, 0.4) is 0 Å². The number of thiazole rings is 1. The van der Waals surface area contributed by atoms with E-state index in [2.05, 4.69) is 9.51 Å². The largest absolute Gasteiger partial charge is 0.443 e. The first kappa shape index (κ1) is 23.8. The van der Waals surface area contributed by atoms with E-state index in [1.807, 2.05) is 0 Å². The van der Waals surface area contributed by atoms with Crippen LogP contribution in [0, 0.1) is 0 Å². The van der Waals surface area contributed by atoms with E-state index in [9.17, 15) is 27.6 Å². The summed E-state index contributed by atoms with van der Waals surface area (Å²) in [5.41, 5.74) is 5.14. The van der Waals surface area contributed by atoms with Gasteiger partial charge >= 0.3 is 20.6 Å². The van der Waals surface area contributed by atoms with Crippen molar-refractivity contribution in [2.24, 2.45) is 5.73 Å². The molecule has 2 aliphatic rings. The van der Waals surface area contributed by atoms with Crippen molar-refractivity contribution >= 4 is 32.4 Å². The molecule has 3 rings (SSSR count). The van der Waals surface area contributed by atoms with Gasteiger partial charge in [-0.2, -0.15) is 8.78 Å². The van der Waals surface area contributed by atoms with E-state index in [-0.39, 0.29) is 10.7 Å². The lowest BCUT2D eigenvalue weighted by atomic mass is 10.1. The first-order chi connectivity index (χ1) is 13.6. The third kappa shape index (κ3) is 4.24. The summed E-state index contributed by atoms with van der Waals surface area (Å²) in [5, 5.41) is -3.67. The van der Waals surface area contributed by atoms with Crippen molar-refractivity contribution in [2.75, 3.05) is 6.61 Å². The topological polar surface area (TPSA) is 188 Å². The van der Waals surface area contributed by atoms with Crippen LogP contribution in [-0.2, 0) is 27.9 Å². The maximum absolute atomic E-state index is 13.6. The number of fused-ring (bicyclic) bond motifs is 1. The molecular formula is C13H18F2N2O10P2S. The number of carbonyl (C=O) groups is 1. The molecule has 2 aliphatic heterocycles. The number of hydrogen-bond acceptors (Lipinski definition) is 9. The van der Waals surface area contributed by atoms with E-state index in [0.29, 0.717) is 0 Å². The molecular weight excluding hydrogens is 476 g/mol. The summed E-state index contributed by atoms with van der Waals surface area (Å²) in [7, 11) is -12.4. The number of ether oxygens (including phenoxy) is 3. The number of aromatic nitrogens is 1. The van der Waals surface area contributed by atoms with Gasteiger partial charge in [0.15, 0.2) is 5.79 Å². The van der Waals surface area contributed by atoms with Crippen molar-refractivity contribution in [3.05, 3.63) is 16.1 Å². The highest BCUT2D eigenvalue weighted by atomic mass is 32.1. The fourth-order valence-electron chi connectivity index (χ4n) is 2.96. The molecule has 0 bridgehead atoms. The van der Waals surface area contributed by atoms with Gasteiger partial charge in [-0.1, -0.05) is 0 Å². The Morgan fingerprint density at radius 1 is 1.33 bits per heavy atom. The average Bonchev–Trinajstić information content (AvgIpc) is 3.25. The molecule has 1 aromatic heterocycles. The van der Waals surface area contributed by atoms with Crippen LogP contribution in [0.4, 0.5) is 8.78 Å². The molecule has 0 saturated carbocycles. The highest BCUT2D eigenvalue weighted by molar-refractivity contribution is 7.72. The van der Waals surface area contributed by atoms with Crippen LogP contribution in [0.15, 0.2) is 5.38 Å². The van der Waals surface area contributed by atoms with Gasteiger partial charge < -0.3 is 39.1 Å². The highest BCUT2D eigenvalue weighted by Crippen LogP contribution is 2.73. The monoisotopic (exact) mass is 494 g/mol. The van der Waals surface area contributed by atoms with Gasteiger partial charge in [0.25, 0.3) is 5.91 Å². The highest BCUT2D eigenvalue weighted by Gasteiger charge is 2.65. The molecule has 1 aromatic rings. The molecule has 30 heavy (non-hydrogen) atoms. The van der Waals surface area contributed by atoms with Crippen molar-refractivity contribution in [1.82, 2.24) is 4.98 Å². The molecule has 12 nitrogen and oxygen atoms in total. The number of nitrogens with two attached hydrogens (primary N) is 1. The first-order valence-corrected chi connectivity index (χ1v) is 12.3. The zero-order valence-corrected chi connectivity index (χ0v) is 18.0. The second-order valence-electron chi connectivity index (χ2n) is 6.96. The molecule has 170 valence electrons. The minimum atomic E-state index is -6.28.